The van der Waals surface area contributed by atoms with E-state index in [2.05, 4.69) is 36.1 Å². The van der Waals surface area contributed by atoms with Gasteiger partial charge in [-0.25, -0.2) is 0 Å². The first kappa shape index (κ1) is 11.0. The summed E-state index contributed by atoms with van der Waals surface area (Å²) in [7, 11) is 0. The molecule has 0 amide bonds. The number of fused-ring (bicyclic) bond motifs is 1. The summed E-state index contributed by atoms with van der Waals surface area (Å²) >= 11 is 0. The van der Waals surface area contributed by atoms with E-state index in [1.807, 2.05) is 6.07 Å². The molecular weight excluding hydrogens is 210 g/mol. The van der Waals surface area contributed by atoms with E-state index in [9.17, 15) is 4.79 Å². The van der Waals surface area contributed by atoms with Crippen LogP contribution in [0, 0.1) is 0 Å². The zero-order valence-electron chi connectivity index (χ0n) is 10.3. The van der Waals surface area contributed by atoms with Crippen LogP contribution in [-0.2, 0) is 4.79 Å². The Morgan fingerprint density at radius 2 is 1.88 bits per heavy atom. The molecule has 1 aromatic rings. The van der Waals surface area contributed by atoms with E-state index in [-0.39, 0.29) is 0 Å². The van der Waals surface area contributed by atoms with Gasteiger partial charge in [0.15, 0.2) is 0 Å². The maximum Gasteiger partial charge on any atom is 0.136 e. The van der Waals surface area contributed by atoms with Crippen molar-refractivity contribution in [1.82, 2.24) is 4.90 Å². The monoisotopic (exact) mass is 229 g/mol. The summed E-state index contributed by atoms with van der Waals surface area (Å²) in [5.41, 5.74) is 1.30. The van der Waals surface area contributed by atoms with E-state index >= 15 is 0 Å². The molecule has 3 atom stereocenters. The highest BCUT2D eigenvalue weighted by atomic mass is 16.1. The Morgan fingerprint density at radius 1 is 1.12 bits per heavy atom. The number of Topliss-reactive ketones (excluding diaryl/α,β-unsaturated/α-hetero) is 1. The molecule has 0 saturated carbocycles. The van der Waals surface area contributed by atoms with Crippen LogP contribution in [0.4, 0.5) is 0 Å². The van der Waals surface area contributed by atoms with Crippen molar-refractivity contribution in [2.24, 2.45) is 0 Å². The summed E-state index contributed by atoms with van der Waals surface area (Å²) in [4.78, 5) is 14.4. The first-order valence-corrected chi connectivity index (χ1v) is 6.60. The molecule has 2 heteroatoms. The molecule has 0 aromatic heterocycles. The summed E-state index contributed by atoms with van der Waals surface area (Å²) in [6.07, 6.45) is 3.90. The molecule has 90 valence electrons. The minimum absolute atomic E-state index is 0.319. The average molecular weight is 229 g/mol. The Hall–Kier alpha value is -1.15. The second-order valence-corrected chi connectivity index (χ2v) is 5.40. The van der Waals surface area contributed by atoms with E-state index in [0.29, 0.717) is 30.3 Å². The van der Waals surface area contributed by atoms with Gasteiger partial charge in [-0.2, -0.15) is 0 Å². The number of nitrogens with zero attached hydrogens (tertiary/aromatic N) is 1. The molecule has 2 heterocycles. The smallest absolute Gasteiger partial charge is 0.136 e. The lowest BCUT2D eigenvalue weighted by Crippen LogP contribution is -2.44. The van der Waals surface area contributed by atoms with Gasteiger partial charge >= 0.3 is 0 Å². The van der Waals surface area contributed by atoms with E-state index in [1.54, 1.807) is 0 Å². The molecule has 2 aliphatic rings. The van der Waals surface area contributed by atoms with Crippen LogP contribution in [-0.4, -0.2) is 22.8 Å². The van der Waals surface area contributed by atoms with E-state index in [1.165, 1.54) is 18.4 Å². The molecule has 2 fully saturated rings. The van der Waals surface area contributed by atoms with Crippen LogP contribution in [0.2, 0.25) is 0 Å². The molecule has 0 spiro atoms. The molecule has 2 saturated heterocycles. The number of rotatable bonds is 1. The zero-order chi connectivity index (χ0) is 11.8. The summed E-state index contributed by atoms with van der Waals surface area (Å²) < 4.78 is 0. The van der Waals surface area contributed by atoms with Gasteiger partial charge in [0.05, 0.1) is 0 Å². The molecular formula is C15H19NO. The fraction of sp³-hybridized carbons (Fsp3) is 0.533. The fourth-order valence-corrected chi connectivity index (χ4v) is 3.49. The predicted molar refractivity (Wildman–Crippen MR) is 67.7 cm³/mol. The van der Waals surface area contributed by atoms with Gasteiger partial charge in [0.25, 0.3) is 0 Å². The van der Waals surface area contributed by atoms with Gasteiger partial charge in [0.2, 0.25) is 0 Å². The van der Waals surface area contributed by atoms with Gasteiger partial charge in [0, 0.05) is 31.0 Å². The van der Waals surface area contributed by atoms with E-state index < -0.39 is 0 Å². The second kappa shape index (κ2) is 4.26. The number of hydrogen-bond donors (Lipinski definition) is 0. The first-order valence-electron chi connectivity index (χ1n) is 6.60. The minimum atomic E-state index is 0.319. The minimum Gasteiger partial charge on any atom is -0.300 e. The molecule has 0 N–H and O–H groups in total. The van der Waals surface area contributed by atoms with E-state index in [4.69, 9.17) is 0 Å². The maximum absolute atomic E-state index is 11.9. The molecule has 0 radical (unpaired) electrons. The first-order chi connectivity index (χ1) is 8.25. The van der Waals surface area contributed by atoms with Crippen LogP contribution in [0.25, 0.3) is 0 Å². The van der Waals surface area contributed by atoms with Crippen molar-refractivity contribution < 1.29 is 4.79 Å². The van der Waals surface area contributed by atoms with Crippen molar-refractivity contribution in [2.75, 3.05) is 0 Å². The van der Waals surface area contributed by atoms with Crippen molar-refractivity contribution in [3.05, 3.63) is 35.9 Å². The lowest BCUT2D eigenvalue weighted by Gasteiger charge is -2.40. The number of hydrogen-bond acceptors (Lipinski definition) is 2. The molecule has 0 aliphatic carbocycles. The van der Waals surface area contributed by atoms with Crippen LogP contribution >= 0.6 is 0 Å². The zero-order valence-corrected chi connectivity index (χ0v) is 10.3. The standard InChI is InChI=1S/C15H19NO/c1-11-7-8-13-9-14(17)10-15(16(11)13)12-5-3-2-4-6-12/h2-6,11,13,15H,7-10H2,1H3/t11-,13+,15+/m1/s1. The fourth-order valence-electron chi connectivity index (χ4n) is 3.49. The SMILES string of the molecule is C[C@@H]1CC[C@H]2CC(=O)C[C@@H](c3ccccc3)N21. The van der Waals surface area contributed by atoms with Crippen LogP contribution in [0.5, 0.6) is 0 Å². The third-order valence-corrected chi connectivity index (χ3v) is 4.28. The molecule has 17 heavy (non-hydrogen) atoms. The number of carbonyl (C=O) groups excluding carboxylic acids is 1. The highest BCUT2D eigenvalue weighted by Crippen LogP contribution is 2.40. The highest BCUT2D eigenvalue weighted by molar-refractivity contribution is 5.81. The van der Waals surface area contributed by atoms with Crippen LogP contribution in [0.1, 0.15) is 44.2 Å². The van der Waals surface area contributed by atoms with Crippen molar-refractivity contribution in [3.63, 3.8) is 0 Å². The Morgan fingerprint density at radius 3 is 2.65 bits per heavy atom. The lowest BCUT2D eigenvalue weighted by molar-refractivity contribution is -0.125. The summed E-state index contributed by atoms with van der Waals surface area (Å²) in [5, 5.41) is 0. The average Bonchev–Trinajstić information content (AvgIpc) is 2.71. The predicted octanol–water partition coefficient (Wildman–Crippen LogP) is 2.94. The van der Waals surface area contributed by atoms with Gasteiger partial charge in [-0.05, 0) is 25.3 Å². The molecule has 2 aliphatic heterocycles. The van der Waals surface area contributed by atoms with Gasteiger partial charge in [0.1, 0.15) is 5.78 Å². The molecule has 0 unspecified atom stereocenters. The number of carbonyl (C=O) groups is 1. The highest BCUT2D eigenvalue weighted by Gasteiger charge is 2.41. The molecule has 1 aromatic carbocycles. The molecule has 2 nitrogen and oxygen atoms in total. The summed E-state index contributed by atoms with van der Waals surface area (Å²) in [5.74, 6) is 0.439. The second-order valence-electron chi connectivity index (χ2n) is 5.40. The normalized spacial score (nSPS) is 33.7. The van der Waals surface area contributed by atoms with Gasteiger partial charge in [-0.1, -0.05) is 30.3 Å². The molecule has 3 rings (SSSR count). The van der Waals surface area contributed by atoms with Gasteiger partial charge in [-0.3, -0.25) is 9.69 Å². The van der Waals surface area contributed by atoms with Crippen molar-refractivity contribution >= 4 is 5.78 Å². The van der Waals surface area contributed by atoms with Crippen LogP contribution < -0.4 is 0 Å². The van der Waals surface area contributed by atoms with Crippen LogP contribution in [0.3, 0.4) is 0 Å². The van der Waals surface area contributed by atoms with Crippen molar-refractivity contribution in [1.29, 1.82) is 0 Å². The Bertz CT molecular complexity index is 414. The van der Waals surface area contributed by atoms with Crippen molar-refractivity contribution in [3.8, 4) is 0 Å². The maximum atomic E-state index is 11.9. The van der Waals surface area contributed by atoms with Crippen molar-refractivity contribution in [2.45, 2.75) is 50.7 Å². The number of benzene rings is 1. The lowest BCUT2D eigenvalue weighted by atomic mass is 9.90. The Balaban J connectivity index is 1.93. The number of ketones is 1. The third kappa shape index (κ3) is 1.91. The largest absolute Gasteiger partial charge is 0.300 e. The quantitative estimate of drug-likeness (QED) is 0.738. The third-order valence-electron chi connectivity index (χ3n) is 4.28. The van der Waals surface area contributed by atoms with Crippen LogP contribution in [0.15, 0.2) is 30.3 Å². The Labute approximate surface area is 103 Å². The van der Waals surface area contributed by atoms with E-state index in [0.717, 1.165) is 6.42 Å². The summed E-state index contributed by atoms with van der Waals surface area (Å²) in [6.45, 7) is 2.30. The van der Waals surface area contributed by atoms with Gasteiger partial charge in [-0.15, -0.1) is 0 Å². The summed E-state index contributed by atoms with van der Waals surface area (Å²) in [6, 6.07) is 11.9. The molecule has 0 bridgehead atoms. The topological polar surface area (TPSA) is 20.3 Å². The Kier molecular flexibility index (Phi) is 2.75. The number of piperidine rings is 1. The van der Waals surface area contributed by atoms with Gasteiger partial charge < -0.3 is 0 Å².